The number of amides is 1. The fraction of sp³-hybridized carbons (Fsp3) is 0.211. The van der Waals surface area contributed by atoms with Crippen LogP contribution in [0.5, 0.6) is 0 Å². The van der Waals surface area contributed by atoms with Crippen LogP contribution in [0, 0.1) is 0 Å². The number of nitrogens with one attached hydrogen (secondary N) is 1. The Bertz CT molecular complexity index is 981. The zero-order valence-electron chi connectivity index (χ0n) is 15.5. The molecule has 0 radical (unpaired) electrons. The maximum atomic E-state index is 12.5. The van der Waals surface area contributed by atoms with Gasteiger partial charge in [0.25, 0.3) is 5.91 Å². The Morgan fingerprint density at radius 1 is 1.24 bits per heavy atom. The second kappa shape index (κ2) is 11.3. The highest BCUT2D eigenvalue weighted by Crippen LogP contribution is 2.26. The third-order valence-electron chi connectivity index (χ3n) is 3.41. The van der Waals surface area contributed by atoms with Crippen LogP contribution < -0.4 is 5.32 Å². The fourth-order valence-corrected chi connectivity index (χ4v) is 4.55. The van der Waals surface area contributed by atoms with Crippen LogP contribution in [0.2, 0.25) is 5.02 Å². The number of hydrogen-bond acceptors (Lipinski definition) is 8. The molecule has 0 aliphatic rings. The molecule has 6 nitrogen and oxygen atoms in total. The molecule has 3 aromatic rings. The summed E-state index contributed by atoms with van der Waals surface area (Å²) < 4.78 is 0.769. The highest BCUT2D eigenvalue weighted by Gasteiger charge is 2.16. The van der Waals surface area contributed by atoms with Crippen molar-refractivity contribution in [3.63, 3.8) is 0 Å². The molecule has 0 saturated heterocycles. The molecule has 2 heterocycles. The van der Waals surface area contributed by atoms with Crippen molar-refractivity contribution in [2.24, 2.45) is 0 Å². The Morgan fingerprint density at radius 2 is 2.07 bits per heavy atom. The number of thioether (sulfide) groups is 2. The molecule has 1 N–H and O–H groups in total. The molecule has 0 spiro atoms. The fourth-order valence-electron chi connectivity index (χ4n) is 2.12. The van der Waals surface area contributed by atoms with Crippen molar-refractivity contribution in [3.8, 4) is 0 Å². The van der Waals surface area contributed by atoms with Gasteiger partial charge in [-0.2, -0.15) is 0 Å². The van der Waals surface area contributed by atoms with Gasteiger partial charge in [-0.25, -0.2) is 9.97 Å². The van der Waals surface area contributed by atoms with E-state index in [4.69, 9.17) is 11.6 Å². The summed E-state index contributed by atoms with van der Waals surface area (Å²) in [5.74, 6) is 1.21. The summed E-state index contributed by atoms with van der Waals surface area (Å²) in [5.41, 5.74) is 1.28. The van der Waals surface area contributed by atoms with Gasteiger partial charge in [0, 0.05) is 11.5 Å². The minimum Gasteiger partial charge on any atom is -0.295 e. The number of halogens is 1. The summed E-state index contributed by atoms with van der Waals surface area (Å²) in [7, 11) is 0. The molecule has 0 fully saturated rings. The first kappa shape index (κ1) is 21.8. The van der Waals surface area contributed by atoms with Crippen LogP contribution in [0.3, 0.4) is 0 Å². The number of rotatable bonds is 9. The summed E-state index contributed by atoms with van der Waals surface area (Å²) in [6, 6.07) is 10.1. The number of aromatic nitrogens is 4. The molecule has 10 heteroatoms. The molecule has 0 unspecified atom stereocenters. The van der Waals surface area contributed by atoms with Gasteiger partial charge < -0.3 is 0 Å². The second-order valence-electron chi connectivity index (χ2n) is 5.65. The van der Waals surface area contributed by atoms with E-state index in [1.165, 1.54) is 29.3 Å². The van der Waals surface area contributed by atoms with Crippen LogP contribution in [-0.4, -0.2) is 37.6 Å². The minimum atomic E-state index is -0.424. The van der Waals surface area contributed by atoms with Gasteiger partial charge in [0.15, 0.2) is 15.2 Å². The van der Waals surface area contributed by atoms with Crippen molar-refractivity contribution in [1.82, 2.24) is 20.2 Å². The van der Waals surface area contributed by atoms with Gasteiger partial charge in [0.1, 0.15) is 0 Å². The number of benzene rings is 1. The van der Waals surface area contributed by atoms with Crippen molar-refractivity contribution in [3.05, 3.63) is 58.9 Å². The van der Waals surface area contributed by atoms with E-state index in [2.05, 4.69) is 44.6 Å². The van der Waals surface area contributed by atoms with E-state index in [1.807, 2.05) is 30.3 Å². The maximum Gasteiger partial charge on any atom is 0.277 e. The van der Waals surface area contributed by atoms with Crippen molar-refractivity contribution >= 4 is 63.6 Å². The molecule has 2 aromatic heterocycles. The molecule has 1 amide bonds. The predicted molar refractivity (Wildman–Crippen MR) is 122 cm³/mol. The highest BCUT2D eigenvalue weighted by molar-refractivity contribution is 8.01. The quantitative estimate of drug-likeness (QED) is 0.253. The number of nitrogens with zero attached hydrogens (tertiary/aromatic N) is 4. The largest absolute Gasteiger partial charge is 0.295 e. The lowest BCUT2D eigenvalue weighted by Gasteiger charge is -2.04. The molecule has 29 heavy (non-hydrogen) atoms. The molecule has 0 bridgehead atoms. The maximum absolute atomic E-state index is 12.5. The molecule has 3 rings (SSSR count). The normalized spacial score (nSPS) is 11.1. The lowest BCUT2D eigenvalue weighted by molar-refractivity contribution is 0.102. The van der Waals surface area contributed by atoms with Crippen LogP contribution in [0.25, 0.3) is 6.08 Å². The van der Waals surface area contributed by atoms with Gasteiger partial charge in [-0.15, -0.1) is 10.2 Å². The van der Waals surface area contributed by atoms with Crippen molar-refractivity contribution < 1.29 is 4.79 Å². The second-order valence-corrected chi connectivity index (χ2v) is 9.36. The molecule has 1 aromatic carbocycles. The van der Waals surface area contributed by atoms with Gasteiger partial charge in [-0.3, -0.25) is 10.1 Å². The first-order valence-corrected chi connectivity index (χ1v) is 12.0. The molecular formula is C19H18ClN5OS3. The van der Waals surface area contributed by atoms with E-state index in [0.29, 0.717) is 10.3 Å². The zero-order valence-corrected chi connectivity index (χ0v) is 18.7. The van der Waals surface area contributed by atoms with E-state index >= 15 is 0 Å². The average Bonchev–Trinajstić information content (AvgIpc) is 3.18. The van der Waals surface area contributed by atoms with Crippen molar-refractivity contribution in [2.45, 2.75) is 22.8 Å². The Hall–Kier alpha value is -1.94. The first-order chi connectivity index (χ1) is 14.2. The smallest absolute Gasteiger partial charge is 0.277 e. The molecule has 0 aliphatic carbocycles. The lowest BCUT2D eigenvalue weighted by Crippen LogP contribution is -2.15. The summed E-state index contributed by atoms with van der Waals surface area (Å²) in [4.78, 5) is 20.9. The van der Waals surface area contributed by atoms with E-state index in [1.54, 1.807) is 11.8 Å². The molecular weight excluding hydrogens is 446 g/mol. The lowest BCUT2D eigenvalue weighted by atomic mass is 10.2. The van der Waals surface area contributed by atoms with Crippen LogP contribution in [0.1, 0.15) is 29.4 Å². The van der Waals surface area contributed by atoms with Gasteiger partial charge >= 0.3 is 0 Å². The van der Waals surface area contributed by atoms with Crippen LogP contribution in [0.15, 0.2) is 52.1 Å². The summed E-state index contributed by atoms with van der Waals surface area (Å²) in [5, 5.41) is 12.0. The zero-order chi connectivity index (χ0) is 20.5. The van der Waals surface area contributed by atoms with Gasteiger partial charge in [0.2, 0.25) is 5.13 Å². The average molecular weight is 464 g/mol. The molecule has 0 saturated carbocycles. The van der Waals surface area contributed by atoms with E-state index in [0.717, 1.165) is 27.8 Å². The van der Waals surface area contributed by atoms with Crippen LogP contribution in [0.4, 0.5) is 5.13 Å². The Kier molecular flexibility index (Phi) is 8.48. The highest BCUT2D eigenvalue weighted by atomic mass is 35.5. The molecule has 0 atom stereocenters. The topological polar surface area (TPSA) is 80.7 Å². The Morgan fingerprint density at radius 3 is 2.86 bits per heavy atom. The predicted octanol–water partition coefficient (Wildman–Crippen LogP) is 5.54. The van der Waals surface area contributed by atoms with Gasteiger partial charge in [-0.1, -0.05) is 95.9 Å². The van der Waals surface area contributed by atoms with Gasteiger partial charge in [0.05, 0.1) is 11.2 Å². The van der Waals surface area contributed by atoms with E-state index in [-0.39, 0.29) is 10.7 Å². The summed E-state index contributed by atoms with van der Waals surface area (Å²) in [6.07, 6.45) is 6.56. The van der Waals surface area contributed by atoms with Crippen LogP contribution in [-0.2, 0) is 0 Å². The minimum absolute atomic E-state index is 0.135. The third-order valence-corrected chi connectivity index (χ3v) is 6.68. The Balaban J connectivity index is 1.55. The molecule has 0 aliphatic heterocycles. The SMILES string of the molecule is CCCSc1ncc(Cl)c(C(=O)Nc2nnc(SCC=Cc3ccccc3)s2)n1. The van der Waals surface area contributed by atoms with E-state index in [9.17, 15) is 4.79 Å². The number of carbonyl (C=O) groups is 1. The third kappa shape index (κ3) is 6.81. The molecule has 150 valence electrons. The number of anilines is 1. The van der Waals surface area contributed by atoms with Crippen molar-refractivity contribution in [1.29, 1.82) is 0 Å². The van der Waals surface area contributed by atoms with E-state index < -0.39 is 5.91 Å². The summed E-state index contributed by atoms with van der Waals surface area (Å²) >= 11 is 10.4. The standard InChI is InChI=1S/C19H18ClN5OS3/c1-2-10-27-17-21-12-14(20)15(22-17)16(26)23-18-24-25-19(29-18)28-11-6-9-13-7-4-3-5-8-13/h3-9,12H,2,10-11H2,1H3,(H,23,24,26). The Labute approximate surface area is 186 Å². The summed E-state index contributed by atoms with van der Waals surface area (Å²) in [6.45, 7) is 2.07. The van der Waals surface area contributed by atoms with Gasteiger partial charge in [-0.05, 0) is 12.0 Å². The number of carbonyl (C=O) groups excluding carboxylic acids is 1. The first-order valence-electron chi connectivity index (χ1n) is 8.80. The van der Waals surface area contributed by atoms with Crippen molar-refractivity contribution in [2.75, 3.05) is 16.8 Å². The van der Waals surface area contributed by atoms with Crippen LogP contribution >= 0.6 is 46.5 Å². The number of hydrogen-bond donors (Lipinski definition) is 1. The monoisotopic (exact) mass is 463 g/mol.